The summed E-state index contributed by atoms with van der Waals surface area (Å²) in [7, 11) is 0. The molecule has 0 fully saturated rings. The third-order valence-corrected chi connectivity index (χ3v) is 1.44. The zero-order valence-corrected chi connectivity index (χ0v) is 5.46. The quantitative estimate of drug-likeness (QED) is 0.562. The van der Waals surface area contributed by atoms with E-state index in [2.05, 4.69) is 0 Å². The van der Waals surface area contributed by atoms with E-state index in [1.165, 1.54) is 0 Å². The Kier molecular flexibility index (Phi) is 3.83. The molecule has 0 bridgehead atoms. The maximum Gasteiger partial charge on any atom is 0.0562 e. The van der Waals surface area contributed by atoms with Gasteiger partial charge in [0.15, 0.2) is 0 Å². The fourth-order valence-electron chi connectivity index (χ4n) is 0.623. The molecule has 50 valence electrons. The van der Waals surface area contributed by atoms with E-state index >= 15 is 0 Å². The van der Waals surface area contributed by atoms with Crippen LogP contribution in [0.4, 0.5) is 0 Å². The lowest BCUT2D eigenvalue weighted by atomic mass is 10.0. The molecule has 0 aromatic rings. The second kappa shape index (κ2) is 3.87. The largest absolute Gasteiger partial charge is 0.396 e. The van der Waals surface area contributed by atoms with E-state index in [0.717, 1.165) is 6.42 Å². The Labute approximate surface area is 50.2 Å². The minimum Gasteiger partial charge on any atom is -0.396 e. The molecule has 0 aromatic carbocycles. The number of aliphatic hydroxyl groups is 2. The van der Waals surface area contributed by atoms with Crippen LogP contribution in [-0.4, -0.2) is 22.9 Å². The maximum atomic E-state index is 8.85. The van der Waals surface area contributed by atoms with E-state index in [-0.39, 0.29) is 18.6 Å². The molecule has 0 aliphatic heterocycles. The molecule has 0 saturated carbocycles. The van der Waals surface area contributed by atoms with Gasteiger partial charge < -0.3 is 10.2 Å². The van der Waals surface area contributed by atoms with Crippen LogP contribution in [0.5, 0.6) is 0 Å². The molecule has 0 heterocycles. The molecule has 2 nitrogen and oxygen atoms in total. The summed E-state index contributed by atoms with van der Waals surface area (Å²) < 4.78 is 0. The van der Waals surface area contributed by atoms with Crippen LogP contribution in [0.15, 0.2) is 0 Å². The molecule has 0 spiro atoms. The molecule has 0 rings (SSSR count). The number of hydrogen-bond donors (Lipinski definition) is 2. The van der Waals surface area contributed by atoms with Gasteiger partial charge in [0.05, 0.1) is 6.10 Å². The van der Waals surface area contributed by atoms with Crippen molar-refractivity contribution in [3.63, 3.8) is 0 Å². The van der Waals surface area contributed by atoms with Crippen LogP contribution in [-0.2, 0) is 0 Å². The van der Waals surface area contributed by atoms with Gasteiger partial charge in [0.2, 0.25) is 0 Å². The summed E-state index contributed by atoms with van der Waals surface area (Å²) in [6.07, 6.45) is 0.471. The van der Waals surface area contributed by atoms with E-state index in [1.807, 2.05) is 6.92 Å². The summed E-state index contributed by atoms with van der Waals surface area (Å²) in [6.45, 7) is 3.74. The average molecular weight is 118 g/mol. The molecule has 0 saturated heterocycles. The molecule has 8 heavy (non-hydrogen) atoms. The first-order chi connectivity index (χ1) is 3.72. The minimum absolute atomic E-state index is 0.0648. The van der Waals surface area contributed by atoms with Crippen LogP contribution in [0.25, 0.3) is 0 Å². The summed E-state index contributed by atoms with van der Waals surface area (Å²) >= 11 is 0. The van der Waals surface area contributed by atoms with Crippen LogP contribution < -0.4 is 0 Å². The minimum atomic E-state index is -0.370. The molecule has 2 N–H and O–H groups in total. The Morgan fingerprint density at radius 3 is 2.00 bits per heavy atom. The topological polar surface area (TPSA) is 40.5 Å². The van der Waals surface area contributed by atoms with Crippen LogP contribution in [0.1, 0.15) is 20.3 Å². The van der Waals surface area contributed by atoms with Crippen molar-refractivity contribution < 1.29 is 10.2 Å². The Hall–Kier alpha value is -0.0800. The van der Waals surface area contributed by atoms with Gasteiger partial charge >= 0.3 is 0 Å². The number of rotatable bonds is 3. The van der Waals surface area contributed by atoms with Gasteiger partial charge in [0.25, 0.3) is 0 Å². The molecule has 2 heteroatoms. The standard InChI is InChI=1S/C6H14O2/c1-3-6(4-7)5(2)8/h5-8H,3-4H2,1-2H3/t5-,6-/m1/s1. The van der Waals surface area contributed by atoms with Gasteiger partial charge in [0.1, 0.15) is 0 Å². The number of hydrogen-bond acceptors (Lipinski definition) is 2. The second-order valence-corrected chi connectivity index (χ2v) is 2.09. The van der Waals surface area contributed by atoms with Crippen molar-refractivity contribution in [1.29, 1.82) is 0 Å². The van der Waals surface area contributed by atoms with E-state index in [1.54, 1.807) is 6.92 Å². The third kappa shape index (κ3) is 2.28. The van der Waals surface area contributed by atoms with Crippen molar-refractivity contribution in [2.45, 2.75) is 26.4 Å². The van der Waals surface area contributed by atoms with E-state index in [9.17, 15) is 0 Å². The monoisotopic (exact) mass is 118 g/mol. The van der Waals surface area contributed by atoms with E-state index < -0.39 is 0 Å². The summed E-state index contributed by atoms with van der Waals surface area (Å²) in [5, 5.41) is 17.4. The highest BCUT2D eigenvalue weighted by molar-refractivity contribution is 4.59. The van der Waals surface area contributed by atoms with Crippen LogP contribution in [0.2, 0.25) is 0 Å². The first-order valence-corrected chi connectivity index (χ1v) is 3.01. The van der Waals surface area contributed by atoms with Crippen molar-refractivity contribution >= 4 is 0 Å². The molecule has 0 aromatic heterocycles. The summed E-state index contributed by atoms with van der Waals surface area (Å²) in [5.74, 6) is 0.0648. The van der Waals surface area contributed by atoms with Crippen LogP contribution in [0, 0.1) is 5.92 Å². The Morgan fingerprint density at radius 2 is 2.00 bits per heavy atom. The smallest absolute Gasteiger partial charge is 0.0562 e. The predicted molar refractivity (Wildman–Crippen MR) is 32.5 cm³/mol. The van der Waals surface area contributed by atoms with Gasteiger partial charge in [-0.25, -0.2) is 0 Å². The lowest BCUT2D eigenvalue weighted by molar-refractivity contribution is 0.0787. The zero-order chi connectivity index (χ0) is 6.57. The Morgan fingerprint density at radius 1 is 1.50 bits per heavy atom. The van der Waals surface area contributed by atoms with Gasteiger partial charge in [-0.1, -0.05) is 6.92 Å². The van der Waals surface area contributed by atoms with Gasteiger partial charge in [-0.05, 0) is 13.3 Å². The van der Waals surface area contributed by atoms with E-state index in [4.69, 9.17) is 10.2 Å². The molecule has 0 amide bonds. The summed E-state index contributed by atoms with van der Waals surface area (Å²) in [6, 6.07) is 0. The Balaban J connectivity index is 3.35. The molecule has 0 aliphatic carbocycles. The lowest BCUT2D eigenvalue weighted by Gasteiger charge is -2.13. The van der Waals surface area contributed by atoms with Crippen molar-refractivity contribution in [3.05, 3.63) is 0 Å². The van der Waals surface area contributed by atoms with E-state index in [0.29, 0.717) is 0 Å². The van der Waals surface area contributed by atoms with Crippen LogP contribution in [0.3, 0.4) is 0 Å². The highest BCUT2D eigenvalue weighted by Gasteiger charge is 2.09. The molecule has 0 radical (unpaired) electrons. The van der Waals surface area contributed by atoms with Gasteiger partial charge in [-0.2, -0.15) is 0 Å². The summed E-state index contributed by atoms with van der Waals surface area (Å²) in [4.78, 5) is 0. The van der Waals surface area contributed by atoms with Gasteiger partial charge in [-0.3, -0.25) is 0 Å². The van der Waals surface area contributed by atoms with Crippen molar-refractivity contribution in [1.82, 2.24) is 0 Å². The van der Waals surface area contributed by atoms with Gasteiger partial charge in [0, 0.05) is 12.5 Å². The zero-order valence-electron chi connectivity index (χ0n) is 5.46. The second-order valence-electron chi connectivity index (χ2n) is 2.09. The number of aliphatic hydroxyl groups excluding tert-OH is 2. The average Bonchev–Trinajstić information content (AvgIpc) is 1.69. The van der Waals surface area contributed by atoms with Crippen molar-refractivity contribution in [2.24, 2.45) is 5.92 Å². The Bertz CT molecular complexity index is 48.5. The predicted octanol–water partition coefficient (Wildman–Crippen LogP) is 0.386. The fourth-order valence-corrected chi connectivity index (χ4v) is 0.623. The third-order valence-electron chi connectivity index (χ3n) is 1.44. The normalized spacial score (nSPS) is 18.0. The lowest BCUT2D eigenvalue weighted by Crippen LogP contribution is -2.19. The highest BCUT2D eigenvalue weighted by atomic mass is 16.3. The SMILES string of the molecule is CC[C@H](CO)[C@@H](C)O. The molecular weight excluding hydrogens is 104 g/mol. The van der Waals surface area contributed by atoms with Crippen molar-refractivity contribution in [2.75, 3.05) is 6.61 Å². The molecule has 0 aliphatic rings. The van der Waals surface area contributed by atoms with Gasteiger partial charge in [-0.15, -0.1) is 0 Å². The molecular formula is C6H14O2. The highest BCUT2D eigenvalue weighted by Crippen LogP contribution is 2.05. The molecule has 2 atom stereocenters. The molecule has 0 unspecified atom stereocenters. The fraction of sp³-hybridized carbons (Fsp3) is 1.00. The summed E-state index contributed by atoms with van der Waals surface area (Å²) in [5.41, 5.74) is 0. The first-order valence-electron chi connectivity index (χ1n) is 3.01. The first kappa shape index (κ1) is 7.92. The maximum absolute atomic E-state index is 8.85. The van der Waals surface area contributed by atoms with Crippen LogP contribution >= 0.6 is 0 Å². The van der Waals surface area contributed by atoms with Crippen molar-refractivity contribution in [3.8, 4) is 0 Å².